The molecular weight excluding hydrogens is 478 g/mol. The maximum absolute atomic E-state index is 14.7. The van der Waals surface area contributed by atoms with Crippen LogP contribution in [0.4, 0.5) is 23.2 Å². The molecule has 36 heavy (non-hydrogen) atoms. The highest BCUT2D eigenvalue weighted by Crippen LogP contribution is 2.34. The van der Waals surface area contributed by atoms with E-state index in [4.69, 9.17) is 11.1 Å². The zero-order valence-electron chi connectivity index (χ0n) is 18.9. The number of halogens is 4. The molecule has 5 N–H and O–H groups in total. The van der Waals surface area contributed by atoms with Gasteiger partial charge in [0, 0.05) is 18.2 Å². The summed E-state index contributed by atoms with van der Waals surface area (Å²) in [4.78, 5) is 28.7. The predicted octanol–water partition coefficient (Wildman–Crippen LogP) is 4.29. The van der Waals surface area contributed by atoms with Crippen molar-refractivity contribution in [3.05, 3.63) is 95.1 Å². The Morgan fingerprint density at radius 1 is 1.08 bits per heavy atom. The van der Waals surface area contributed by atoms with Crippen LogP contribution in [0.5, 0.6) is 0 Å². The van der Waals surface area contributed by atoms with Crippen molar-refractivity contribution in [1.82, 2.24) is 10.3 Å². The third-order valence-corrected chi connectivity index (χ3v) is 4.97. The molecule has 0 unspecified atom stereocenters. The van der Waals surface area contributed by atoms with Crippen LogP contribution in [0.2, 0.25) is 0 Å². The van der Waals surface area contributed by atoms with Gasteiger partial charge in [0.05, 0.1) is 40.3 Å². The van der Waals surface area contributed by atoms with Crippen LogP contribution in [0.1, 0.15) is 27.2 Å². The molecule has 3 aromatic rings. The molecule has 2 aromatic carbocycles. The van der Waals surface area contributed by atoms with Crippen molar-refractivity contribution in [2.45, 2.75) is 12.6 Å². The molecule has 0 fully saturated rings. The van der Waals surface area contributed by atoms with Gasteiger partial charge in [-0.25, -0.2) is 4.39 Å². The molecule has 186 valence electrons. The largest absolute Gasteiger partial charge is 0.417 e. The lowest BCUT2D eigenvalue weighted by Crippen LogP contribution is -2.20. The molecular formula is C25H21F4N5O2. The second-order valence-electron chi connectivity index (χ2n) is 7.57. The number of hydrogen-bond acceptors (Lipinski definition) is 5. The Kier molecular flexibility index (Phi) is 7.83. The van der Waals surface area contributed by atoms with Crippen molar-refractivity contribution < 1.29 is 27.2 Å². The number of carbonyl (C=O) groups excluding carboxylic acids is 2. The Bertz CT molecular complexity index is 1340. The van der Waals surface area contributed by atoms with Crippen molar-refractivity contribution in [3.8, 4) is 11.3 Å². The zero-order valence-corrected chi connectivity index (χ0v) is 18.9. The molecule has 0 spiro atoms. The summed E-state index contributed by atoms with van der Waals surface area (Å²) in [6.07, 6.45) is -2.82. The number of carbonyl (C=O) groups is 2. The molecule has 0 aliphatic heterocycles. The molecule has 0 aliphatic carbocycles. The zero-order chi connectivity index (χ0) is 26.5. The van der Waals surface area contributed by atoms with Crippen molar-refractivity contribution >= 4 is 23.2 Å². The predicted molar refractivity (Wildman–Crippen MR) is 127 cm³/mol. The van der Waals surface area contributed by atoms with E-state index in [-0.39, 0.29) is 23.9 Å². The third-order valence-electron chi connectivity index (χ3n) is 4.97. The van der Waals surface area contributed by atoms with Crippen molar-refractivity contribution in [2.24, 2.45) is 5.73 Å². The van der Waals surface area contributed by atoms with Gasteiger partial charge in [-0.15, -0.1) is 0 Å². The molecule has 2 amide bonds. The Hall–Kier alpha value is -4.54. The van der Waals surface area contributed by atoms with Crippen molar-refractivity contribution in [2.75, 3.05) is 12.4 Å². The maximum Gasteiger partial charge on any atom is 0.417 e. The number of nitrogens with zero attached hydrogens (tertiary/aromatic N) is 1. The van der Waals surface area contributed by atoms with Gasteiger partial charge in [-0.1, -0.05) is 30.3 Å². The van der Waals surface area contributed by atoms with E-state index in [0.717, 1.165) is 6.08 Å². The van der Waals surface area contributed by atoms with Gasteiger partial charge in [0.25, 0.3) is 5.91 Å². The first-order chi connectivity index (χ1) is 17.0. The second kappa shape index (κ2) is 10.8. The molecule has 0 saturated heterocycles. The lowest BCUT2D eigenvalue weighted by atomic mass is 9.98. The molecule has 11 heteroatoms. The molecule has 7 nitrogen and oxygen atoms in total. The first-order valence-corrected chi connectivity index (χ1v) is 10.5. The van der Waals surface area contributed by atoms with E-state index in [1.54, 1.807) is 30.3 Å². The van der Waals surface area contributed by atoms with Crippen LogP contribution < -0.4 is 16.4 Å². The summed E-state index contributed by atoms with van der Waals surface area (Å²) < 4.78 is 55.3. The highest BCUT2D eigenvalue weighted by molar-refractivity contribution is 6.11. The smallest absolute Gasteiger partial charge is 0.394 e. The van der Waals surface area contributed by atoms with Crippen LogP contribution in [-0.2, 0) is 17.4 Å². The third kappa shape index (κ3) is 6.12. The van der Waals surface area contributed by atoms with Crippen LogP contribution in [-0.4, -0.2) is 29.6 Å². The summed E-state index contributed by atoms with van der Waals surface area (Å²) in [6, 6.07) is 12.3. The monoisotopic (exact) mass is 499 g/mol. The van der Waals surface area contributed by atoms with Gasteiger partial charge in [-0.2, -0.15) is 13.2 Å². The van der Waals surface area contributed by atoms with Crippen molar-refractivity contribution in [1.29, 1.82) is 5.41 Å². The first kappa shape index (κ1) is 26.1. The van der Waals surface area contributed by atoms with Gasteiger partial charge in [0.15, 0.2) is 0 Å². The number of alkyl halides is 3. The van der Waals surface area contributed by atoms with Crippen LogP contribution in [0.15, 0.2) is 66.9 Å². The Labute approximate surface area is 203 Å². The second-order valence-corrected chi connectivity index (χ2v) is 7.57. The molecule has 0 bridgehead atoms. The number of aromatic nitrogens is 1. The molecule has 0 atom stereocenters. The van der Waals surface area contributed by atoms with E-state index in [1.807, 2.05) is 0 Å². The number of anilines is 1. The Balaban J connectivity index is 2.06. The fraction of sp³-hybridized carbons (Fsp3) is 0.120. The van der Waals surface area contributed by atoms with Crippen LogP contribution in [0.3, 0.4) is 0 Å². The summed E-state index contributed by atoms with van der Waals surface area (Å²) in [5.41, 5.74) is 3.19. The van der Waals surface area contributed by atoms with Crippen LogP contribution in [0, 0.1) is 11.2 Å². The summed E-state index contributed by atoms with van der Waals surface area (Å²) >= 11 is 0. The highest BCUT2D eigenvalue weighted by atomic mass is 19.4. The Morgan fingerprint density at radius 2 is 1.78 bits per heavy atom. The maximum atomic E-state index is 14.7. The minimum absolute atomic E-state index is 0.130. The van der Waals surface area contributed by atoms with E-state index in [9.17, 15) is 27.2 Å². The van der Waals surface area contributed by atoms with Gasteiger partial charge >= 0.3 is 6.18 Å². The summed E-state index contributed by atoms with van der Waals surface area (Å²) in [5.74, 6) is -3.07. The number of allylic oxidation sites excluding steroid dienone is 1. The number of rotatable bonds is 8. The normalized spacial score (nSPS) is 11.4. The van der Waals surface area contributed by atoms with Gasteiger partial charge in [0.2, 0.25) is 5.91 Å². The highest BCUT2D eigenvalue weighted by Gasteiger charge is 2.36. The number of hydrogen-bond donors (Lipinski definition) is 4. The number of nitrogens with two attached hydrogens (primary N) is 1. The average molecular weight is 499 g/mol. The topological polar surface area (TPSA) is 121 Å². The number of amides is 2. The number of primary amides is 1. The quantitative estimate of drug-likeness (QED) is 0.273. The van der Waals surface area contributed by atoms with E-state index >= 15 is 0 Å². The summed E-state index contributed by atoms with van der Waals surface area (Å²) in [5, 5.41) is 13.0. The van der Waals surface area contributed by atoms with Crippen molar-refractivity contribution in [3.63, 3.8) is 0 Å². The van der Waals surface area contributed by atoms with Gasteiger partial charge < -0.3 is 21.8 Å². The number of nitrogens with one attached hydrogen (secondary N) is 3. The molecule has 0 radical (unpaired) electrons. The Morgan fingerprint density at radius 3 is 2.39 bits per heavy atom. The molecule has 0 aliphatic rings. The number of pyridine rings is 1. The van der Waals surface area contributed by atoms with Gasteiger partial charge in [-0.05, 0) is 36.5 Å². The van der Waals surface area contributed by atoms with E-state index in [2.05, 4.69) is 15.6 Å². The fourth-order valence-electron chi connectivity index (χ4n) is 3.34. The standard InChI is InChI=1S/C25H21F4N5O2/c1-32-10-9-20(30)16-12-17(19(26)13-18(16)25(27,28)29)24(36)34-21-8-7-15(11-22(31)35)33-23(21)14-5-3-2-4-6-14/h2-10,12-13,30,32H,11H2,1H3,(H2,31,35)(H,34,36)/b10-9-,30-20?. The minimum Gasteiger partial charge on any atom is -0.394 e. The van der Waals surface area contributed by atoms with E-state index in [1.165, 1.54) is 25.4 Å². The average Bonchev–Trinajstić information content (AvgIpc) is 2.82. The van der Waals surface area contributed by atoms with Gasteiger partial charge in [0.1, 0.15) is 5.82 Å². The number of benzene rings is 2. The lowest BCUT2D eigenvalue weighted by Gasteiger charge is -2.16. The summed E-state index contributed by atoms with van der Waals surface area (Å²) in [7, 11) is 1.49. The van der Waals surface area contributed by atoms with E-state index in [0.29, 0.717) is 17.3 Å². The molecule has 1 aromatic heterocycles. The SMILES string of the molecule is CN/C=C\C(=N)c1cc(C(=O)Nc2ccc(CC(N)=O)nc2-c2ccccc2)c(F)cc1C(F)(F)F. The van der Waals surface area contributed by atoms with E-state index < -0.39 is 46.2 Å². The van der Waals surface area contributed by atoms with Gasteiger partial charge in [-0.3, -0.25) is 14.6 Å². The summed E-state index contributed by atoms with van der Waals surface area (Å²) in [6.45, 7) is 0. The fourth-order valence-corrected chi connectivity index (χ4v) is 3.34. The lowest BCUT2D eigenvalue weighted by molar-refractivity contribution is -0.137. The van der Waals surface area contributed by atoms with Crippen LogP contribution >= 0.6 is 0 Å². The minimum atomic E-state index is -4.95. The first-order valence-electron chi connectivity index (χ1n) is 10.5. The van der Waals surface area contributed by atoms with Crippen LogP contribution in [0.25, 0.3) is 11.3 Å². The molecule has 1 heterocycles. The molecule has 3 rings (SSSR count). The molecule has 0 saturated carbocycles.